The molecule has 12 heavy (non-hydrogen) atoms. The van der Waals surface area contributed by atoms with Gasteiger partial charge in [0.1, 0.15) is 0 Å². The summed E-state index contributed by atoms with van der Waals surface area (Å²) in [6.45, 7) is 0.604. The normalized spacial score (nSPS) is 10.2. The smallest absolute Gasteiger partial charge is 0.170 e. The Morgan fingerprint density at radius 2 is 2.17 bits per heavy atom. The van der Waals surface area contributed by atoms with E-state index in [9.17, 15) is 0 Å². The van der Waals surface area contributed by atoms with Gasteiger partial charge in [-0.3, -0.25) is 0 Å². The van der Waals surface area contributed by atoms with E-state index in [2.05, 4.69) is 10.2 Å². The van der Waals surface area contributed by atoms with E-state index < -0.39 is 0 Å². The first-order valence-corrected chi connectivity index (χ1v) is 4.16. The molecule has 0 saturated heterocycles. The molecule has 0 amide bonds. The molecule has 0 aliphatic heterocycles. The highest BCUT2D eigenvalue weighted by molar-refractivity contribution is 6.41. The van der Waals surface area contributed by atoms with Crippen LogP contribution in [-0.4, -0.2) is 23.9 Å². The Bertz CT molecular complexity index is 268. The third kappa shape index (κ3) is 2.59. The zero-order chi connectivity index (χ0) is 8.97. The Labute approximate surface area is 80.7 Å². The molecule has 66 valence electrons. The van der Waals surface area contributed by atoms with Crippen LogP contribution in [0.1, 0.15) is 5.69 Å². The van der Waals surface area contributed by atoms with Gasteiger partial charge in [-0.1, -0.05) is 23.2 Å². The Balaban J connectivity index is 2.69. The van der Waals surface area contributed by atoms with Crippen molar-refractivity contribution in [3.63, 3.8) is 0 Å². The molecule has 1 heterocycles. The van der Waals surface area contributed by atoms with E-state index in [0.717, 1.165) is 5.69 Å². The molecular formula is C7H8Cl2N2O. The highest BCUT2D eigenvalue weighted by Crippen LogP contribution is 2.18. The molecule has 0 fully saturated rings. The minimum Gasteiger partial charge on any atom is -0.384 e. The third-order valence-corrected chi connectivity index (χ3v) is 1.98. The second-order valence-electron chi connectivity index (χ2n) is 2.22. The number of rotatable bonds is 3. The molecule has 1 rings (SSSR count). The Morgan fingerprint density at radius 1 is 1.42 bits per heavy atom. The molecule has 0 saturated carbocycles. The van der Waals surface area contributed by atoms with Crippen molar-refractivity contribution in [2.24, 2.45) is 0 Å². The van der Waals surface area contributed by atoms with Crippen LogP contribution in [0.3, 0.4) is 0 Å². The Morgan fingerprint density at radius 3 is 2.75 bits per heavy atom. The van der Waals surface area contributed by atoms with Gasteiger partial charge in [0.05, 0.1) is 17.3 Å². The van der Waals surface area contributed by atoms with E-state index in [0.29, 0.717) is 18.1 Å². The number of ether oxygens (including phenoxy) is 1. The van der Waals surface area contributed by atoms with E-state index in [4.69, 9.17) is 27.9 Å². The molecule has 0 bridgehead atoms. The van der Waals surface area contributed by atoms with Crippen molar-refractivity contribution in [2.75, 3.05) is 13.7 Å². The lowest BCUT2D eigenvalue weighted by Crippen LogP contribution is -1.99. The quantitative estimate of drug-likeness (QED) is 0.759. The summed E-state index contributed by atoms with van der Waals surface area (Å²) in [5.74, 6) is 0. The van der Waals surface area contributed by atoms with Gasteiger partial charge < -0.3 is 4.74 Å². The monoisotopic (exact) mass is 206 g/mol. The van der Waals surface area contributed by atoms with Gasteiger partial charge in [-0.25, -0.2) is 0 Å². The van der Waals surface area contributed by atoms with Crippen LogP contribution < -0.4 is 0 Å². The fraction of sp³-hybridized carbons (Fsp3) is 0.429. The van der Waals surface area contributed by atoms with E-state index in [1.54, 1.807) is 13.2 Å². The predicted octanol–water partition coefficient (Wildman–Crippen LogP) is 1.97. The lowest BCUT2D eigenvalue weighted by Gasteiger charge is -1.99. The first-order chi connectivity index (χ1) is 5.74. The lowest BCUT2D eigenvalue weighted by atomic mass is 10.3. The molecule has 0 spiro atoms. The van der Waals surface area contributed by atoms with Crippen LogP contribution in [0.5, 0.6) is 0 Å². The zero-order valence-corrected chi connectivity index (χ0v) is 8.06. The van der Waals surface area contributed by atoms with Crippen LogP contribution in [0.15, 0.2) is 6.07 Å². The van der Waals surface area contributed by atoms with E-state index in [-0.39, 0.29) is 5.15 Å². The summed E-state index contributed by atoms with van der Waals surface area (Å²) in [6, 6.07) is 1.69. The molecule has 5 heteroatoms. The second kappa shape index (κ2) is 4.60. The number of aromatic nitrogens is 2. The number of halogens is 2. The van der Waals surface area contributed by atoms with Crippen molar-refractivity contribution < 1.29 is 4.74 Å². The summed E-state index contributed by atoms with van der Waals surface area (Å²) in [4.78, 5) is 0. The van der Waals surface area contributed by atoms with Crippen LogP contribution in [0.4, 0.5) is 0 Å². The van der Waals surface area contributed by atoms with Crippen molar-refractivity contribution in [3.05, 3.63) is 21.9 Å². The van der Waals surface area contributed by atoms with Crippen LogP contribution in [0.2, 0.25) is 10.2 Å². The molecule has 0 aliphatic carbocycles. The molecular weight excluding hydrogens is 199 g/mol. The van der Waals surface area contributed by atoms with Gasteiger partial charge in [-0.2, -0.15) is 5.10 Å². The van der Waals surface area contributed by atoms with Crippen molar-refractivity contribution in [1.29, 1.82) is 0 Å². The van der Waals surface area contributed by atoms with Gasteiger partial charge in [-0.15, -0.1) is 5.10 Å². The predicted molar refractivity (Wildman–Crippen MR) is 47.6 cm³/mol. The van der Waals surface area contributed by atoms with Gasteiger partial charge in [0.2, 0.25) is 0 Å². The Hall–Kier alpha value is -0.380. The summed E-state index contributed by atoms with van der Waals surface area (Å²) in [7, 11) is 1.63. The lowest BCUT2D eigenvalue weighted by molar-refractivity contribution is 0.201. The highest BCUT2D eigenvalue weighted by atomic mass is 35.5. The summed E-state index contributed by atoms with van der Waals surface area (Å²) >= 11 is 11.3. The van der Waals surface area contributed by atoms with Gasteiger partial charge in [0, 0.05) is 13.5 Å². The van der Waals surface area contributed by atoms with Crippen molar-refractivity contribution in [1.82, 2.24) is 10.2 Å². The fourth-order valence-corrected chi connectivity index (χ4v) is 0.975. The summed E-state index contributed by atoms with van der Waals surface area (Å²) in [5, 5.41) is 8.15. The van der Waals surface area contributed by atoms with Gasteiger partial charge >= 0.3 is 0 Å². The third-order valence-electron chi connectivity index (χ3n) is 1.32. The topological polar surface area (TPSA) is 35.0 Å². The van der Waals surface area contributed by atoms with Gasteiger partial charge in [-0.05, 0) is 6.07 Å². The summed E-state index contributed by atoms with van der Waals surface area (Å²) in [6.07, 6.45) is 0.695. The van der Waals surface area contributed by atoms with Crippen molar-refractivity contribution >= 4 is 23.2 Å². The van der Waals surface area contributed by atoms with Crippen molar-refractivity contribution in [3.8, 4) is 0 Å². The number of hydrogen-bond donors (Lipinski definition) is 0. The van der Waals surface area contributed by atoms with Crippen LogP contribution >= 0.6 is 23.2 Å². The van der Waals surface area contributed by atoms with Crippen LogP contribution in [-0.2, 0) is 11.2 Å². The number of methoxy groups -OCH3 is 1. The zero-order valence-electron chi connectivity index (χ0n) is 6.55. The Kier molecular flexibility index (Phi) is 3.72. The largest absolute Gasteiger partial charge is 0.384 e. The molecule has 0 aliphatic rings. The SMILES string of the molecule is COCCc1cc(Cl)c(Cl)nn1. The maximum Gasteiger partial charge on any atom is 0.170 e. The van der Waals surface area contributed by atoms with Crippen LogP contribution in [0, 0.1) is 0 Å². The standard InChI is InChI=1S/C7H8Cl2N2O/c1-12-3-2-5-4-6(8)7(9)11-10-5/h4H,2-3H2,1H3. The van der Waals surface area contributed by atoms with E-state index in [1.807, 2.05) is 0 Å². The minimum atomic E-state index is 0.234. The molecule has 1 aromatic heterocycles. The summed E-state index contributed by atoms with van der Waals surface area (Å²) < 4.78 is 4.87. The molecule has 0 unspecified atom stereocenters. The highest BCUT2D eigenvalue weighted by Gasteiger charge is 2.01. The fourth-order valence-electron chi connectivity index (χ4n) is 0.719. The average Bonchev–Trinajstić information content (AvgIpc) is 2.07. The van der Waals surface area contributed by atoms with Gasteiger partial charge in [0.25, 0.3) is 0 Å². The van der Waals surface area contributed by atoms with Crippen LogP contribution in [0.25, 0.3) is 0 Å². The first kappa shape index (κ1) is 9.71. The molecule has 0 radical (unpaired) electrons. The second-order valence-corrected chi connectivity index (χ2v) is 2.98. The molecule has 1 aromatic rings. The number of hydrogen-bond acceptors (Lipinski definition) is 3. The molecule has 3 nitrogen and oxygen atoms in total. The van der Waals surface area contributed by atoms with Gasteiger partial charge in [0.15, 0.2) is 5.15 Å². The summed E-state index contributed by atoms with van der Waals surface area (Å²) in [5.41, 5.74) is 0.784. The minimum absolute atomic E-state index is 0.234. The van der Waals surface area contributed by atoms with Crippen molar-refractivity contribution in [2.45, 2.75) is 6.42 Å². The maximum absolute atomic E-state index is 5.72. The first-order valence-electron chi connectivity index (χ1n) is 3.40. The molecule has 0 aromatic carbocycles. The molecule has 0 atom stereocenters. The van der Waals surface area contributed by atoms with E-state index in [1.165, 1.54) is 0 Å². The number of nitrogens with zero attached hydrogens (tertiary/aromatic N) is 2. The van der Waals surface area contributed by atoms with E-state index >= 15 is 0 Å². The molecule has 0 N–H and O–H groups in total. The maximum atomic E-state index is 5.72. The average molecular weight is 207 g/mol.